The van der Waals surface area contributed by atoms with Gasteiger partial charge in [-0.2, -0.15) is 0 Å². The number of nitrogens with zero attached hydrogens (tertiary/aromatic N) is 1. The first kappa shape index (κ1) is 18.0. The molecule has 0 radical (unpaired) electrons. The Morgan fingerprint density at radius 1 is 1.11 bits per heavy atom. The summed E-state index contributed by atoms with van der Waals surface area (Å²) in [6.45, 7) is 2.09. The molecule has 0 saturated carbocycles. The third kappa shape index (κ3) is 3.41. The quantitative estimate of drug-likeness (QED) is 0.751. The second-order valence-electron chi connectivity index (χ2n) is 6.85. The van der Waals surface area contributed by atoms with Crippen LogP contribution in [0.5, 0.6) is 0 Å². The molecule has 0 unspecified atom stereocenters. The number of carbonyl (C=O) groups is 2. The van der Waals surface area contributed by atoms with Crippen LogP contribution in [-0.2, 0) is 17.8 Å². The van der Waals surface area contributed by atoms with Crippen LogP contribution in [0.25, 0.3) is 0 Å². The van der Waals surface area contributed by atoms with E-state index in [0.29, 0.717) is 18.7 Å². The third-order valence-electron chi connectivity index (χ3n) is 5.00. The minimum Gasteiger partial charge on any atom is -0.459 e. The summed E-state index contributed by atoms with van der Waals surface area (Å²) in [5, 5.41) is 2.78. The van der Waals surface area contributed by atoms with E-state index in [4.69, 9.17) is 4.42 Å². The Labute approximate surface area is 161 Å². The van der Waals surface area contributed by atoms with Gasteiger partial charge in [0.05, 0.1) is 6.26 Å². The van der Waals surface area contributed by atoms with E-state index >= 15 is 0 Å². The average Bonchev–Trinajstić information content (AvgIpc) is 3.24. The summed E-state index contributed by atoms with van der Waals surface area (Å²) in [5.74, 6) is -0.962. The Morgan fingerprint density at radius 3 is 2.64 bits per heavy atom. The SMILES string of the molecule is Cc1ccc(F)cc1NC(=O)[C@@H]1Cc2ccccc2CN1C(=O)c1ccco1. The van der Waals surface area contributed by atoms with Crippen LogP contribution >= 0.6 is 0 Å². The van der Waals surface area contributed by atoms with Crippen LogP contribution in [0, 0.1) is 12.7 Å². The van der Waals surface area contributed by atoms with E-state index in [1.54, 1.807) is 25.1 Å². The van der Waals surface area contributed by atoms with E-state index in [-0.39, 0.29) is 17.6 Å². The van der Waals surface area contributed by atoms with Crippen LogP contribution in [0.1, 0.15) is 27.2 Å². The Balaban J connectivity index is 1.66. The number of halogens is 1. The highest BCUT2D eigenvalue weighted by Crippen LogP contribution is 2.26. The van der Waals surface area contributed by atoms with Gasteiger partial charge in [0.25, 0.3) is 5.91 Å². The summed E-state index contributed by atoms with van der Waals surface area (Å²) in [6.07, 6.45) is 1.80. The summed E-state index contributed by atoms with van der Waals surface area (Å²) in [7, 11) is 0. The molecule has 0 spiro atoms. The number of hydrogen-bond acceptors (Lipinski definition) is 3. The van der Waals surface area contributed by atoms with Gasteiger partial charge in [-0.15, -0.1) is 0 Å². The number of aryl methyl sites for hydroxylation is 1. The normalized spacial score (nSPS) is 15.8. The lowest BCUT2D eigenvalue weighted by atomic mass is 9.93. The minimum atomic E-state index is -0.727. The number of fused-ring (bicyclic) bond motifs is 1. The average molecular weight is 378 g/mol. The van der Waals surface area contributed by atoms with Gasteiger partial charge in [-0.05, 0) is 47.9 Å². The zero-order valence-corrected chi connectivity index (χ0v) is 15.3. The maximum absolute atomic E-state index is 13.6. The zero-order valence-electron chi connectivity index (χ0n) is 15.3. The molecule has 4 rings (SSSR count). The van der Waals surface area contributed by atoms with Crippen molar-refractivity contribution in [2.45, 2.75) is 25.9 Å². The number of benzene rings is 2. The van der Waals surface area contributed by atoms with Gasteiger partial charge < -0.3 is 14.6 Å². The van der Waals surface area contributed by atoms with Crippen LogP contribution < -0.4 is 5.32 Å². The van der Waals surface area contributed by atoms with Crippen molar-refractivity contribution in [3.63, 3.8) is 0 Å². The molecule has 0 bridgehead atoms. The Hall–Kier alpha value is -3.41. The highest BCUT2D eigenvalue weighted by atomic mass is 19.1. The van der Waals surface area contributed by atoms with Crippen molar-refractivity contribution in [3.8, 4) is 0 Å². The summed E-state index contributed by atoms with van der Waals surface area (Å²) < 4.78 is 18.8. The molecule has 2 aromatic carbocycles. The first-order chi connectivity index (χ1) is 13.5. The monoisotopic (exact) mass is 378 g/mol. The van der Waals surface area contributed by atoms with Crippen LogP contribution in [0.3, 0.4) is 0 Å². The molecule has 142 valence electrons. The molecule has 1 aliphatic rings. The number of anilines is 1. The molecule has 2 heterocycles. The standard InChI is InChI=1S/C22H19FN2O3/c1-14-8-9-17(23)12-18(14)24-21(26)19-11-15-5-2-3-6-16(15)13-25(19)22(27)20-7-4-10-28-20/h2-10,12,19H,11,13H2,1H3,(H,24,26)/t19-/m0/s1. The maximum atomic E-state index is 13.6. The number of rotatable bonds is 3. The van der Waals surface area contributed by atoms with Crippen molar-refractivity contribution in [2.24, 2.45) is 0 Å². The van der Waals surface area contributed by atoms with Crippen molar-refractivity contribution in [2.75, 3.05) is 5.32 Å². The summed E-state index contributed by atoms with van der Waals surface area (Å²) in [6, 6.07) is 14.4. The minimum absolute atomic E-state index is 0.180. The predicted molar refractivity (Wildman–Crippen MR) is 102 cm³/mol. The van der Waals surface area contributed by atoms with Crippen LogP contribution in [0.15, 0.2) is 65.3 Å². The van der Waals surface area contributed by atoms with Crippen molar-refractivity contribution < 1.29 is 18.4 Å². The molecule has 3 aromatic rings. The molecule has 5 nitrogen and oxygen atoms in total. The summed E-state index contributed by atoms with van der Waals surface area (Å²) in [5.41, 5.74) is 3.15. The Morgan fingerprint density at radius 2 is 1.89 bits per heavy atom. The lowest BCUT2D eigenvalue weighted by Gasteiger charge is -2.35. The smallest absolute Gasteiger partial charge is 0.290 e. The Bertz CT molecular complexity index is 1030. The van der Waals surface area contributed by atoms with Gasteiger partial charge in [0, 0.05) is 18.7 Å². The van der Waals surface area contributed by atoms with Gasteiger partial charge in [0.1, 0.15) is 11.9 Å². The van der Waals surface area contributed by atoms with Crippen LogP contribution in [0.4, 0.5) is 10.1 Å². The van der Waals surface area contributed by atoms with Crippen molar-refractivity contribution in [1.29, 1.82) is 0 Å². The van der Waals surface area contributed by atoms with Crippen molar-refractivity contribution in [1.82, 2.24) is 4.90 Å². The molecule has 1 aliphatic heterocycles. The fraction of sp³-hybridized carbons (Fsp3) is 0.182. The lowest BCUT2D eigenvalue weighted by Crippen LogP contribution is -2.50. The molecule has 28 heavy (non-hydrogen) atoms. The predicted octanol–water partition coefficient (Wildman–Crippen LogP) is 3.93. The number of amides is 2. The van der Waals surface area contributed by atoms with E-state index in [2.05, 4.69) is 5.32 Å². The zero-order chi connectivity index (χ0) is 19.7. The number of hydrogen-bond donors (Lipinski definition) is 1. The van der Waals surface area contributed by atoms with Crippen molar-refractivity contribution in [3.05, 3.63) is 89.1 Å². The number of carbonyl (C=O) groups excluding carboxylic acids is 2. The highest BCUT2D eigenvalue weighted by molar-refractivity contribution is 6.01. The molecule has 2 amide bonds. The first-order valence-electron chi connectivity index (χ1n) is 9.01. The molecule has 0 saturated heterocycles. The summed E-state index contributed by atoms with van der Waals surface area (Å²) in [4.78, 5) is 27.5. The fourth-order valence-corrected chi connectivity index (χ4v) is 3.46. The van der Waals surface area contributed by atoms with Gasteiger partial charge in [0.15, 0.2) is 5.76 Å². The molecule has 1 atom stereocenters. The van der Waals surface area contributed by atoms with Gasteiger partial charge in [-0.3, -0.25) is 9.59 Å². The van der Waals surface area contributed by atoms with Crippen LogP contribution in [-0.4, -0.2) is 22.8 Å². The molecule has 6 heteroatoms. The summed E-state index contributed by atoms with van der Waals surface area (Å²) >= 11 is 0. The maximum Gasteiger partial charge on any atom is 0.290 e. The molecule has 1 N–H and O–H groups in total. The Kier molecular flexibility index (Phi) is 4.69. The second kappa shape index (κ2) is 7.31. The van der Waals surface area contributed by atoms with E-state index in [0.717, 1.165) is 16.7 Å². The number of nitrogens with one attached hydrogen (secondary N) is 1. The number of furan rings is 1. The molecule has 1 aromatic heterocycles. The largest absolute Gasteiger partial charge is 0.459 e. The van der Waals surface area contributed by atoms with E-state index in [9.17, 15) is 14.0 Å². The van der Waals surface area contributed by atoms with E-state index < -0.39 is 11.9 Å². The molecule has 0 fully saturated rings. The second-order valence-corrected chi connectivity index (χ2v) is 6.85. The highest BCUT2D eigenvalue weighted by Gasteiger charge is 2.36. The van der Waals surface area contributed by atoms with Gasteiger partial charge in [-0.1, -0.05) is 30.3 Å². The van der Waals surface area contributed by atoms with E-state index in [1.165, 1.54) is 23.3 Å². The van der Waals surface area contributed by atoms with Crippen LogP contribution in [0.2, 0.25) is 0 Å². The van der Waals surface area contributed by atoms with Gasteiger partial charge >= 0.3 is 0 Å². The van der Waals surface area contributed by atoms with E-state index in [1.807, 2.05) is 24.3 Å². The third-order valence-corrected chi connectivity index (χ3v) is 5.00. The molecular formula is C22H19FN2O3. The topological polar surface area (TPSA) is 62.6 Å². The molecule has 0 aliphatic carbocycles. The van der Waals surface area contributed by atoms with Crippen molar-refractivity contribution >= 4 is 17.5 Å². The first-order valence-corrected chi connectivity index (χ1v) is 9.01. The van der Waals surface area contributed by atoms with Gasteiger partial charge in [0.2, 0.25) is 5.91 Å². The van der Waals surface area contributed by atoms with Gasteiger partial charge in [-0.25, -0.2) is 4.39 Å². The molecular weight excluding hydrogens is 359 g/mol. The lowest BCUT2D eigenvalue weighted by molar-refractivity contribution is -0.121. The fourth-order valence-electron chi connectivity index (χ4n) is 3.46.